The molecule has 4 nitrogen and oxygen atoms in total. The van der Waals surface area contributed by atoms with E-state index in [-0.39, 0.29) is 17.5 Å². The van der Waals surface area contributed by atoms with Gasteiger partial charge in [-0.3, -0.25) is 0 Å². The van der Waals surface area contributed by atoms with Crippen LogP contribution in [0.15, 0.2) is 9.98 Å². The average molecular weight is 447 g/mol. The third-order valence-corrected chi connectivity index (χ3v) is 8.08. The maximum absolute atomic E-state index is 11.2. The Hall–Kier alpha value is -1.24. The Kier molecular flexibility index (Phi) is 15.5. The van der Waals surface area contributed by atoms with Crippen LogP contribution in [-0.2, 0) is 9.59 Å². The number of rotatable bonds is 18. The summed E-state index contributed by atoms with van der Waals surface area (Å²) >= 11 is 0. The van der Waals surface area contributed by atoms with E-state index in [1.165, 1.54) is 77.0 Å². The zero-order valence-electron chi connectivity index (χ0n) is 21.5. The first-order valence-electron chi connectivity index (χ1n) is 13.7. The lowest BCUT2D eigenvalue weighted by Gasteiger charge is -2.50. The highest BCUT2D eigenvalue weighted by molar-refractivity contribution is 5.33. The summed E-state index contributed by atoms with van der Waals surface area (Å²) in [6, 6.07) is 0.130. The molecule has 0 bridgehead atoms. The van der Waals surface area contributed by atoms with E-state index < -0.39 is 0 Å². The fourth-order valence-corrected chi connectivity index (χ4v) is 6.43. The van der Waals surface area contributed by atoms with Crippen molar-refractivity contribution in [3.63, 3.8) is 0 Å². The van der Waals surface area contributed by atoms with Crippen molar-refractivity contribution in [1.29, 1.82) is 0 Å². The average Bonchev–Trinajstić information content (AvgIpc) is 2.80. The molecule has 0 aromatic heterocycles. The molecule has 1 rings (SSSR count). The van der Waals surface area contributed by atoms with Gasteiger partial charge in [-0.05, 0) is 69.1 Å². The molecule has 4 atom stereocenters. The lowest BCUT2D eigenvalue weighted by Crippen LogP contribution is -2.41. The number of carbonyl (C=O) groups excluding carboxylic acids is 2. The molecule has 1 fully saturated rings. The van der Waals surface area contributed by atoms with Crippen molar-refractivity contribution in [3.8, 4) is 0 Å². The van der Waals surface area contributed by atoms with E-state index in [0.717, 1.165) is 38.0 Å². The maximum Gasteiger partial charge on any atom is 0.235 e. The first kappa shape index (κ1) is 28.8. The Balaban J connectivity index is 3.32. The summed E-state index contributed by atoms with van der Waals surface area (Å²) in [5.41, 5.74) is 0.265. The van der Waals surface area contributed by atoms with Crippen molar-refractivity contribution in [2.45, 2.75) is 149 Å². The van der Waals surface area contributed by atoms with Crippen LogP contribution >= 0.6 is 0 Å². The van der Waals surface area contributed by atoms with Crippen molar-refractivity contribution in [2.75, 3.05) is 0 Å². The topological polar surface area (TPSA) is 58.9 Å². The molecule has 32 heavy (non-hydrogen) atoms. The molecule has 0 spiro atoms. The number of isocyanates is 2. The smallest absolute Gasteiger partial charge is 0.211 e. The quantitative estimate of drug-likeness (QED) is 0.121. The summed E-state index contributed by atoms with van der Waals surface area (Å²) in [4.78, 5) is 30.3. The highest BCUT2D eigenvalue weighted by Gasteiger charge is 2.44. The third-order valence-electron chi connectivity index (χ3n) is 8.08. The van der Waals surface area contributed by atoms with E-state index in [0.29, 0.717) is 5.92 Å². The van der Waals surface area contributed by atoms with Crippen LogP contribution in [0.2, 0.25) is 0 Å². The van der Waals surface area contributed by atoms with E-state index in [9.17, 15) is 9.59 Å². The lowest BCUT2D eigenvalue weighted by molar-refractivity contribution is 0.00513. The van der Waals surface area contributed by atoms with Gasteiger partial charge in [0, 0.05) is 0 Å². The van der Waals surface area contributed by atoms with Gasteiger partial charge in [-0.15, -0.1) is 0 Å². The Morgan fingerprint density at radius 2 is 1.50 bits per heavy atom. The van der Waals surface area contributed by atoms with Gasteiger partial charge < -0.3 is 0 Å². The van der Waals surface area contributed by atoms with Gasteiger partial charge in [0.05, 0.1) is 12.1 Å². The van der Waals surface area contributed by atoms with E-state index in [2.05, 4.69) is 37.7 Å². The highest BCUT2D eigenvalue weighted by atomic mass is 16.1. The minimum absolute atomic E-state index is 0.0350. The van der Waals surface area contributed by atoms with Crippen LogP contribution in [0.1, 0.15) is 137 Å². The second-order valence-corrected chi connectivity index (χ2v) is 10.4. The van der Waals surface area contributed by atoms with Crippen LogP contribution in [0.25, 0.3) is 0 Å². The molecule has 4 unspecified atom stereocenters. The highest BCUT2D eigenvalue weighted by Crippen LogP contribution is 2.54. The van der Waals surface area contributed by atoms with Gasteiger partial charge in [0.25, 0.3) is 0 Å². The number of nitrogens with zero attached hydrogens (tertiary/aromatic N) is 2. The van der Waals surface area contributed by atoms with Crippen LogP contribution in [-0.4, -0.2) is 24.2 Å². The Bertz CT molecular complexity index is 574. The van der Waals surface area contributed by atoms with Crippen LogP contribution in [0.4, 0.5) is 0 Å². The maximum atomic E-state index is 11.2. The molecule has 0 radical (unpaired) electrons. The van der Waals surface area contributed by atoms with Crippen molar-refractivity contribution in [3.05, 3.63) is 0 Å². The molecule has 1 saturated carbocycles. The number of hydrogen-bond donors (Lipinski definition) is 0. The van der Waals surface area contributed by atoms with E-state index in [4.69, 9.17) is 0 Å². The van der Waals surface area contributed by atoms with Gasteiger partial charge in [-0.1, -0.05) is 85.0 Å². The Labute approximate surface area is 198 Å². The van der Waals surface area contributed by atoms with Gasteiger partial charge in [0.1, 0.15) is 0 Å². The van der Waals surface area contributed by atoms with Crippen molar-refractivity contribution in [1.82, 2.24) is 0 Å². The molecular weight excluding hydrogens is 396 g/mol. The zero-order chi connectivity index (χ0) is 23.7. The molecule has 1 aliphatic carbocycles. The SMILES string of the molecule is CCCCCCC(CCC(C)N=C=O)(C1CCCCC1)C(CCC)CC(CCC)N=C=O. The zero-order valence-corrected chi connectivity index (χ0v) is 21.5. The summed E-state index contributed by atoms with van der Waals surface area (Å²) < 4.78 is 0. The second-order valence-electron chi connectivity index (χ2n) is 10.4. The largest absolute Gasteiger partial charge is 0.235 e. The molecule has 0 N–H and O–H groups in total. The molecule has 0 amide bonds. The molecule has 1 aliphatic rings. The first-order chi connectivity index (χ1) is 15.6. The molecule has 0 heterocycles. The van der Waals surface area contributed by atoms with Crippen LogP contribution in [0, 0.1) is 17.3 Å². The van der Waals surface area contributed by atoms with E-state index in [1.807, 2.05) is 6.08 Å². The molecule has 0 aromatic carbocycles. The molecule has 0 saturated heterocycles. The summed E-state index contributed by atoms with van der Waals surface area (Å²) in [7, 11) is 0. The van der Waals surface area contributed by atoms with Gasteiger partial charge >= 0.3 is 0 Å². The Morgan fingerprint density at radius 3 is 2.09 bits per heavy atom. The summed E-state index contributed by atoms with van der Waals surface area (Å²) in [5.74, 6) is 1.31. The van der Waals surface area contributed by atoms with Crippen molar-refractivity contribution >= 4 is 12.2 Å². The van der Waals surface area contributed by atoms with Crippen molar-refractivity contribution < 1.29 is 9.59 Å². The minimum atomic E-state index is 0.0350. The first-order valence-corrected chi connectivity index (χ1v) is 13.7. The van der Waals surface area contributed by atoms with Gasteiger partial charge in [0.2, 0.25) is 12.2 Å². The Morgan fingerprint density at radius 1 is 0.812 bits per heavy atom. The standard InChI is InChI=1S/C28H50N2O2/c1-5-8-9-13-19-28(20-18-24(4)29-22-31,25-16-11-10-12-17-25)26(14-6-2)21-27(15-7-3)30-23-32/h24-27H,5-21H2,1-4H3. The molecule has 0 aromatic rings. The fourth-order valence-electron chi connectivity index (χ4n) is 6.43. The second kappa shape index (κ2) is 17.3. The van der Waals surface area contributed by atoms with Gasteiger partial charge in [-0.25, -0.2) is 19.6 Å². The molecular formula is C28H50N2O2. The van der Waals surface area contributed by atoms with Gasteiger partial charge in [-0.2, -0.15) is 0 Å². The van der Waals surface area contributed by atoms with Crippen molar-refractivity contribution in [2.24, 2.45) is 27.2 Å². The van der Waals surface area contributed by atoms with Crippen LogP contribution < -0.4 is 0 Å². The molecule has 4 heteroatoms. The summed E-state index contributed by atoms with van der Waals surface area (Å²) in [5, 5.41) is 0. The summed E-state index contributed by atoms with van der Waals surface area (Å²) in [6.07, 6.45) is 24.2. The third kappa shape index (κ3) is 9.72. The predicted molar refractivity (Wildman–Crippen MR) is 134 cm³/mol. The van der Waals surface area contributed by atoms with E-state index >= 15 is 0 Å². The minimum Gasteiger partial charge on any atom is -0.211 e. The predicted octanol–water partition coefficient (Wildman–Crippen LogP) is 8.34. The summed E-state index contributed by atoms with van der Waals surface area (Å²) in [6.45, 7) is 8.81. The monoisotopic (exact) mass is 446 g/mol. The lowest BCUT2D eigenvalue weighted by atomic mass is 9.55. The fraction of sp³-hybridized carbons (Fsp3) is 0.929. The number of aliphatic imine (C=N–C) groups is 2. The van der Waals surface area contributed by atoms with Gasteiger partial charge in [0.15, 0.2) is 0 Å². The van der Waals surface area contributed by atoms with E-state index in [1.54, 1.807) is 6.08 Å². The molecule has 184 valence electrons. The number of unbranched alkanes of at least 4 members (excludes halogenated alkanes) is 3. The number of hydrogen-bond acceptors (Lipinski definition) is 4. The van der Waals surface area contributed by atoms with Crippen LogP contribution in [0.3, 0.4) is 0 Å². The molecule has 0 aliphatic heterocycles. The van der Waals surface area contributed by atoms with Crippen LogP contribution in [0.5, 0.6) is 0 Å². The normalized spacial score (nSPS) is 19.2.